The summed E-state index contributed by atoms with van der Waals surface area (Å²) in [5, 5.41) is 17.3. The molecule has 0 bridgehead atoms. The fraction of sp³-hybridized carbons (Fsp3) is 0.294. The number of carboxylic acid groups (broad SMARTS) is 1. The van der Waals surface area contributed by atoms with Gasteiger partial charge in [-0.3, -0.25) is 9.20 Å². The molecule has 0 aliphatic heterocycles. The second-order valence-electron chi connectivity index (χ2n) is 5.36. The number of nitrogens with zero attached hydrogens (tertiary/aromatic N) is 4. The molecule has 3 aromatic rings. The van der Waals surface area contributed by atoms with Crippen LogP contribution in [0.1, 0.15) is 30.8 Å². The average Bonchev–Trinajstić information content (AvgIpc) is 2.98. The van der Waals surface area contributed by atoms with Gasteiger partial charge in [0.05, 0.1) is 17.8 Å². The third kappa shape index (κ3) is 2.92. The van der Waals surface area contributed by atoms with Crippen LogP contribution in [0.25, 0.3) is 17.0 Å². The minimum atomic E-state index is -0.833. The Bertz CT molecular complexity index is 853. The largest absolute Gasteiger partial charge is 0.481 e. The van der Waals surface area contributed by atoms with Crippen molar-refractivity contribution >= 4 is 11.7 Å². The quantitative estimate of drug-likeness (QED) is 0.783. The lowest BCUT2D eigenvalue weighted by molar-refractivity contribution is -0.136. The molecule has 6 nitrogen and oxygen atoms in total. The first kappa shape index (κ1) is 15.1. The van der Waals surface area contributed by atoms with Gasteiger partial charge in [-0.25, -0.2) is 4.98 Å². The first-order chi connectivity index (χ1) is 11.1. The minimum absolute atomic E-state index is 0.0246. The van der Waals surface area contributed by atoms with E-state index in [0.717, 1.165) is 41.1 Å². The van der Waals surface area contributed by atoms with Crippen molar-refractivity contribution in [3.63, 3.8) is 0 Å². The van der Waals surface area contributed by atoms with Crippen LogP contribution in [-0.4, -0.2) is 30.7 Å². The lowest BCUT2D eigenvalue weighted by atomic mass is 10.1. The summed E-state index contributed by atoms with van der Waals surface area (Å²) in [7, 11) is 0. The molecule has 0 fully saturated rings. The molecule has 3 rings (SSSR count). The molecule has 2 heterocycles. The Labute approximate surface area is 133 Å². The average molecular weight is 310 g/mol. The van der Waals surface area contributed by atoms with Crippen molar-refractivity contribution in [2.75, 3.05) is 0 Å². The molecule has 0 saturated carbocycles. The van der Waals surface area contributed by atoms with E-state index in [1.807, 2.05) is 34.9 Å². The summed E-state index contributed by atoms with van der Waals surface area (Å²) < 4.78 is 1.99. The molecule has 0 saturated heterocycles. The van der Waals surface area contributed by atoms with Crippen molar-refractivity contribution in [1.82, 2.24) is 19.6 Å². The Morgan fingerprint density at radius 2 is 1.87 bits per heavy atom. The normalized spacial score (nSPS) is 11.0. The van der Waals surface area contributed by atoms with Gasteiger partial charge in [0, 0.05) is 17.5 Å². The fourth-order valence-corrected chi connectivity index (χ4v) is 2.70. The molecule has 0 spiro atoms. The SMILES string of the molecule is CCc1nnc2nc(-c3ccc(CC(=O)O)cc3)cn2c1CC. The molecule has 1 N–H and O–H groups in total. The summed E-state index contributed by atoms with van der Waals surface area (Å²) in [6.45, 7) is 4.16. The second kappa shape index (κ2) is 6.16. The predicted molar refractivity (Wildman–Crippen MR) is 86.3 cm³/mol. The third-order valence-corrected chi connectivity index (χ3v) is 3.85. The third-order valence-electron chi connectivity index (χ3n) is 3.85. The van der Waals surface area contributed by atoms with Crippen LogP contribution in [0.15, 0.2) is 30.5 Å². The fourth-order valence-electron chi connectivity index (χ4n) is 2.70. The zero-order valence-electron chi connectivity index (χ0n) is 13.2. The molecule has 0 aliphatic rings. The van der Waals surface area contributed by atoms with Gasteiger partial charge in [-0.05, 0) is 18.4 Å². The Hall–Kier alpha value is -2.76. The number of benzene rings is 1. The van der Waals surface area contributed by atoms with Crippen LogP contribution in [0.2, 0.25) is 0 Å². The standard InChI is InChI=1S/C17H18N4O2/c1-3-13-15(4-2)21-10-14(18-17(21)20-19-13)12-7-5-11(6-8-12)9-16(22)23/h5-8,10H,3-4,9H2,1-2H3,(H,22,23). The Morgan fingerprint density at radius 1 is 1.13 bits per heavy atom. The number of carbonyl (C=O) groups is 1. The number of carboxylic acids is 1. The van der Waals surface area contributed by atoms with Crippen molar-refractivity contribution in [3.05, 3.63) is 47.4 Å². The predicted octanol–water partition coefficient (Wildman–Crippen LogP) is 2.54. The molecule has 23 heavy (non-hydrogen) atoms. The van der Waals surface area contributed by atoms with Gasteiger partial charge < -0.3 is 5.11 Å². The smallest absolute Gasteiger partial charge is 0.307 e. The zero-order valence-corrected chi connectivity index (χ0v) is 13.2. The number of imidazole rings is 1. The van der Waals surface area contributed by atoms with E-state index in [0.29, 0.717) is 5.78 Å². The van der Waals surface area contributed by atoms with E-state index in [9.17, 15) is 4.79 Å². The van der Waals surface area contributed by atoms with Crippen molar-refractivity contribution < 1.29 is 9.90 Å². The summed E-state index contributed by atoms with van der Waals surface area (Å²) in [6.07, 6.45) is 3.69. The monoisotopic (exact) mass is 310 g/mol. The number of aromatic nitrogens is 4. The molecule has 0 unspecified atom stereocenters. The van der Waals surface area contributed by atoms with Gasteiger partial charge in [-0.15, -0.1) is 5.10 Å². The van der Waals surface area contributed by atoms with Gasteiger partial charge in [0.2, 0.25) is 0 Å². The van der Waals surface area contributed by atoms with E-state index < -0.39 is 5.97 Å². The van der Waals surface area contributed by atoms with Crippen molar-refractivity contribution in [2.45, 2.75) is 33.1 Å². The van der Waals surface area contributed by atoms with Crippen LogP contribution in [-0.2, 0) is 24.1 Å². The minimum Gasteiger partial charge on any atom is -0.481 e. The van der Waals surface area contributed by atoms with E-state index in [2.05, 4.69) is 29.0 Å². The van der Waals surface area contributed by atoms with Gasteiger partial charge in [-0.1, -0.05) is 38.1 Å². The first-order valence-corrected chi connectivity index (χ1v) is 7.67. The summed E-state index contributed by atoms with van der Waals surface area (Å²) in [6, 6.07) is 7.41. The first-order valence-electron chi connectivity index (χ1n) is 7.67. The Balaban J connectivity index is 2.01. The number of hydrogen-bond donors (Lipinski definition) is 1. The van der Waals surface area contributed by atoms with Crippen molar-refractivity contribution in [3.8, 4) is 11.3 Å². The van der Waals surface area contributed by atoms with Crippen molar-refractivity contribution in [2.24, 2.45) is 0 Å². The number of aryl methyl sites for hydroxylation is 2. The molecule has 1 aromatic carbocycles. The molecule has 118 valence electrons. The molecule has 2 aromatic heterocycles. The lowest BCUT2D eigenvalue weighted by Gasteiger charge is -2.05. The summed E-state index contributed by atoms with van der Waals surface area (Å²) in [4.78, 5) is 15.3. The van der Waals surface area contributed by atoms with E-state index in [4.69, 9.17) is 5.11 Å². The van der Waals surface area contributed by atoms with E-state index >= 15 is 0 Å². The zero-order chi connectivity index (χ0) is 16.4. The Morgan fingerprint density at radius 3 is 2.48 bits per heavy atom. The highest BCUT2D eigenvalue weighted by Crippen LogP contribution is 2.21. The van der Waals surface area contributed by atoms with Crippen LogP contribution >= 0.6 is 0 Å². The summed E-state index contributed by atoms with van der Waals surface area (Å²) in [5.74, 6) is -0.246. The highest BCUT2D eigenvalue weighted by molar-refractivity contribution is 5.71. The molecule has 6 heteroatoms. The highest BCUT2D eigenvalue weighted by Gasteiger charge is 2.12. The van der Waals surface area contributed by atoms with Gasteiger partial charge in [0.25, 0.3) is 5.78 Å². The van der Waals surface area contributed by atoms with Crippen LogP contribution in [0.5, 0.6) is 0 Å². The second-order valence-corrected chi connectivity index (χ2v) is 5.36. The van der Waals surface area contributed by atoms with Crippen LogP contribution in [0, 0.1) is 0 Å². The maximum Gasteiger partial charge on any atom is 0.307 e. The maximum atomic E-state index is 10.7. The molecular formula is C17H18N4O2. The van der Waals surface area contributed by atoms with E-state index in [-0.39, 0.29) is 6.42 Å². The van der Waals surface area contributed by atoms with Gasteiger partial charge in [0.15, 0.2) is 0 Å². The van der Waals surface area contributed by atoms with Crippen LogP contribution in [0.3, 0.4) is 0 Å². The number of hydrogen-bond acceptors (Lipinski definition) is 4. The summed E-state index contributed by atoms with van der Waals surface area (Å²) >= 11 is 0. The summed E-state index contributed by atoms with van der Waals surface area (Å²) in [5.41, 5.74) is 4.63. The number of fused-ring (bicyclic) bond motifs is 1. The van der Waals surface area contributed by atoms with Gasteiger partial charge >= 0.3 is 5.97 Å². The number of rotatable bonds is 5. The molecule has 0 radical (unpaired) electrons. The topological polar surface area (TPSA) is 80.4 Å². The van der Waals surface area contributed by atoms with Crippen LogP contribution in [0.4, 0.5) is 0 Å². The number of aliphatic carboxylic acids is 1. The maximum absolute atomic E-state index is 10.7. The lowest BCUT2D eigenvalue weighted by Crippen LogP contribution is -2.05. The van der Waals surface area contributed by atoms with Crippen LogP contribution < -0.4 is 0 Å². The molecule has 0 atom stereocenters. The Kier molecular flexibility index (Phi) is 4.06. The van der Waals surface area contributed by atoms with Gasteiger partial charge in [-0.2, -0.15) is 5.10 Å². The van der Waals surface area contributed by atoms with E-state index in [1.165, 1.54) is 0 Å². The van der Waals surface area contributed by atoms with Crippen molar-refractivity contribution in [1.29, 1.82) is 0 Å². The molecular weight excluding hydrogens is 292 g/mol. The molecule has 0 amide bonds. The molecule has 0 aliphatic carbocycles. The van der Waals surface area contributed by atoms with E-state index in [1.54, 1.807) is 0 Å². The highest BCUT2D eigenvalue weighted by atomic mass is 16.4. The van der Waals surface area contributed by atoms with Gasteiger partial charge in [0.1, 0.15) is 0 Å².